The van der Waals surface area contributed by atoms with Crippen molar-refractivity contribution in [2.24, 2.45) is 17.3 Å². The van der Waals surface area contributed by atoms with Crippen LogP contribution in [0.4, 0.5) is 20.7 Å². The number of rotatable bonds is 21. The average molecular weight is 1180 g/mol. The Morgan fingerprint density at radius 3 is 2.32 bits per heavy atom. The first-order valence-corrected chi connectivity index (χ1v) is 33.1. The van der Waals surface area contributed by atoms with E-state index in [-0.39, 0.29) is 54.2 Å². The molecule has 1 saturated carbocycles. The maximum atomic E-state index is 17.9. The van der Waals surface area contributed by atoms with E-state index in [1.54, 1.807) is 31.5 Å². The number of anilines is 2. The molecule has 10 rings (SSSR count). The summed E-state index contributed by atoms with van der Waals surface area (Å²) in [5, 5.41) is 15.7. The van der Waals surface area contributed by atoms with E-state index in [4.69, 9.17) is 38.6 Å². The van der Waals surface area contributed by atoms with E-state index >= 15 is 4.39 Å². The normalized spacial score (nSPS) is 19.9. The van der Waals surface area contributed by atoms with Crippen molar-refractivity contribution in [1.82, 2.24) is 30.1 Å². The standard InChI is InChI=1S/C66H87FN8O9Si/c1-43(2)85(44(3)4,45(5)6)33-22-48-12-10-13-49-34-51(84-42-80-8)36-52(57(48)49)59-58(67)60-53(37-68-59)61(74-26-11-23-65(7,79)39-74)71-63(70-60)83-41-66(24-25-66)40-72-27-16-46(17-28-72)21-32-82-38-47-18-29-73(30-19-47)62(77)50-14-15-55(81-9)54(35-50)75-31-20-56(76)69-64(75)78/h10,12-15,34-37,43-47,79H,11,16-21,23-32,38-42H2,1-9H3,(H,69,76,78)/t65-/m1/s1. The molecule has 5 aliphatic rings. The number of methoxy groups -OCH3 is 2. The zero-order valence-corrected chi connectivity index (χ0v) is 52.4. The van der Waals surface area contributed by atoms with Gasteiger partial charge in [-0.25, -0.2) is 9.18 Å². The molecule has 0 bridgehead atoms. The molecule has 1 aliphatic carbocycles. The summed E-state index contributed by atoms with van der Waals surface area (Å²) < 4.78 is 47.7. The van der Waals surface area contributed by atoms with E-state index in [0.717, 1.165) is 87.3 Å². The Balaban J connectivity index is 0.779. The molecule has 5 fully saturated rings. The lowest BCUT2D eigenvalue weighted by Crippen LogP contribution is -2.49. The lowest BCUT2D eigenvalue weighted by atomic mass is 9.93. The third-order valence-corrected chi connectivity index (χ3v) is 25.2. The topological polar surface area (TPSA) is 181 Å². The highest BCUT2D eigenvalue weighted by Gasteiger charge is 2.46. The second kappa shape index (κ2) is 26.3. The zero-order valence-electron chi connectivity index (χ0n) is 51.4. The molecule has 2 aromatic heterocycles. The van der Waals surface area contributed by atoms with Crippen molar-refractivity contribution in [3.05, 3.63) is 71.7 Å². The minimum Gasteiger partial charge on any atom is -0.495 e. The molecule has 19 heteroatoms. The highest BCUT2D eigenvalue weighted by atomic mass is 28.3. The summed E-state index contributed by atoms with van der Waals surface area (Å²) in [5.41, 5.74) is 6.66. The van der Waals surface area contributed by atoms with Gasteiger partial charge in [-0.15, -0.1) is 5.54 Å². The first-order chi connectivity index (χ1) is 40.8. The number of pyridine rings is 1. The number of benzene rings is 3. The van der Waals surface area contributed by atoms with Gasteiger partial charge in [-0.2, -0.15) is 9.97 Å². The van der Waals surface area contributed by atoms with Crippen molar-refractivity contribution >= 4 is 59.1 Å². The largest absolute Gasteiger partial charge is 0.495 e. The molecular weight excluding hydrogens is 1100 g/mol. The van der Waals surface area contributed by atoms with Gasteiger partial charge in [0.25, 0.3) is 5.91 Å². The first kappa shape index (κ1) is 61.6. The van der Waals surface area contributed by atoms with Crippen molar-refractivity contribution in [3.8, 4) is 40.2 Å². The fourth-order valence-corrected chi connectivity index (χ4v) is 19.1. The lowest BCUT2D eigenvalue weighted by molar-refractivity contribution is -0.120. The average Bonchev–Trinajstić information content (AvgIpc) is 3.79. The summed E-state index contributed by atoms with van der Waals surface area (Å²) in [6.45, 7) is 22.8. The van der Waals surface area contributed by atoms with E-state index in [9.17, 15) is 19.5 Å². The van der Waals surface area contributed by atoms with E-state index in [1.165, 1.54) is 12.0 Å². The minimum absolute atomic E-state index is 0.0135. The van der Waals surface area contributed by atoms with Crippen LogP contribution < -0.4 is 29.3 Å². The molecule has 2 N–H and O–H groups in total. The number of amides is 4. The summed E-state index contributed by atoms with van der Waals surface area (Å²) in [4.78, 5) is 60.7. The van der Waals surface area contributed by atoms with E-state index in [2.05, 4.69) is 63.2 Å². The van der Waals surface area contributed by atoms with Crippen LogP contribution in [0.3, 0.4) is 0 Å². The number of hydrogen-bond acceptors (Lipinski definition) is 14. The van der Waals surface area contributed by atoms with Gasteiger partial charge in [0.2, 0.25) is 5.91 Å². The Kier molecular flexibility index (Phi) is 19.1. The van der Waals surface area contributed by atoms with Crippen molar-refractivity contribution < 1.29 is 47.6 Å². The number of halogens is 1. The Labute approximate surface area is 501 Å². The molecule has 0 spiro atoms. The van der Waals surface area contributed by atoms with Gasteiger partial charge in [-0.1, -0.05) is 59.6 Å². The molecule has 4 aliphatic heterocycles. The predicted molar refractivity (Wildman–Crippen MR) is 332 cm³/mol. The highest BCUT2D eigenvalue weighted by molar-refractivity contribution is 6.90. The number of nitrogens with one attached hydrogen (secondary N) is 1. The molecule has 0 unspecified atom stereocenters. The van der Waals surface area contributed by atoms with E-state index < -0.39 is 25.5 Å². The van der Waals surface area contributed by atoms with Crippen LogP contribution in [0.1, 0.15) is 129 Å². The summed E-state index contributed by atoms with van der Waals surface area (Å²) in [6.07, 6.45) is 10.2. The van der Waals surface area contributed by atoms with Gasteiger partial charge in [0.1, 0.15) is 36.6 Å². The Morgan fingerprint density at radius 2 is 1.64 bits per heavy atom. The maximum absolute atomic E-state index is 17.9. The minimum atomic E-state index is -2.14. The highest BCUT2D eigenvalue weighted by Crippen LogP contribution is 2.48. The number of carbonyl (C=O) groups excluding carboxylic acids is 3. The number of ether oxygens (including phenoxy) is 5. The van der Waals surface area contributed by atoms with Crippen LogP contribution in [0.15, 0.2) is 54.7 Å². The molecule has 3 aromatic carbocycles. The molecule has 5 aromatic rings. The Morgan fingerprint density at radius 1 is 0.894 bits per heavy atom. The van der Waals surface area contributed by atoms with Gasteiger partial charge in [0.15, 0.2) is 12.6 Å². The Bertz CT molecular complexity index is 3290. The zero-order chi connectivity index (χ0) is 60.2. The molecular formula is C66H87FN8O9Si. The number of nitrogens with zero attached hydrogens (tertiary/aromatic N) is 7. The molecule has 4 amide bonds. The van der Waals surface area contributed by atoms with E-state index in [0.29, 0.717) is 120 Å². The number of carbonyl (C=O) groups is 3. The molecule has 0 radical (unpaired) electrons. The summed E-state index contributed by atoms with van der Waals surface area (Å²) in [6, 6.07) is 14.5. The SMILES string of the molecule is COCOc1cc(-c2ncc3c(N4CCC[C@@](C)(O)C4)nc(OCC4(CN5CCC(CCOCC6CCN(C(=O)c7ccc(OC)c(N8CCC(=O)NC8=O)c7)CC6)CC5)CC4)nc3c2F)c2c(C#C[Si](C(C)C)(C(C)C)C(C)C)cccc2c1. The number of aromatic nitrogens is 3. The monoisotopic (exact) mass is 1180 g/mol. The number of imide groups is 1. The molecule has 6 heterocycles. The van der Waals surface area contributed by atoms with Crippen LogP contribution in [-0.2, 0) is 14.3 Å². The third kappa shape index (κ3) is 13.7. The second-order valence-electron chi connectivity index (χ2n) is 25.9. The van der Waals surface area contributed by atoms with E-state index in [1.807, 2.05) is 47.1 Å². The molecule has 456 valence electrons. The predicted octanol–water partition coefficient (Wildman–Crippen LogP) is 11.2. The number of likely N-dealkylation sites (tertiary alicyclic amines) is 2. The number of aliphatic hydroxyl groups is 1. The van der Waals surface area contributed by atoms with Gasteiger partial charge < -0.3 is 43.5 Å². The van der Waals surface area contributed by atoms with Crippen molar-refractivity contribution in [1.29, 1.82) is 0 Å². The molecule has 4 saturated heterocycles. The van der Waals surface area contributed by atoms with Gasteiger partial charge in [0.05, 0.1) is 30.4 Å². The number of fused-ring (bicyclic) bond motifs is 2. The van der Waals surface area contributed by atoms with Gasteiger partial charge in [-0.05, 0) is 148 Å². The van der Waals surface area contributed by atoms with Gasteiger partial charge in [0, 0.05) is 99.7 Å². The van der Waals surface area contributed by atoms with Crippen molar-refractivity contribution in [2.75, 3.05) is 103 Å². The van der Waals surface area contributed by atoms with Crippen molar-refractivity contribution in [3.63, 3.8) is 0 Å². The van der Waals surface area contributed by atoms with Crippen molar-refractivity contribution in [2.45, 2.75) is 135 Å². The smallest absolute Gasteiger partial charge is 0.328 e. The Hall–Kier alpha value is -6.43. The van der Waals surface area contributed by atoms with Crippen LogP contribution in [0.2, 0.25) is 16.6 Å². The lowest BCUT2D eigenvalue weighted by Gasteiger charge is -2.38. The van der Waals surface area contributed by atoms with Crippen LogP contribution in [-0.4, -0.2) is 155 Å². The van der Waals surface area contributed by atoms with Gasteiger partial charge >= 0.3 is 12.0 Å². The summed E-state index contributed by atoms with van der Waals surface area (Å²) in [5.74, 6) is 5.07. The number of urea groups is 1. The van der Waals surface area contributed by atoms with Crippen LogP contribution in [0.25, 0.3) is 32.9 Å². The fraction of sp³-hybridized carbons (Fsp3) is 0.576. The van der Waals surface area contributed by atoms with Gasteiger partial charge in [-0.3, -0.25) is 24.8 Å². The number of piperidine rings is 3. The number of hydrogen-bond donors (Lipinski definition) is 2. The van der Waals surface area contributed by atoms with Crippen LogP contribution >= 0.6 is 0 Å². The van der Waals surface area contributed by atoms with Crippen LogP contribution in [0.5, 0.6) is 17.5 Å². The first-order valence-electron chi connectivity index (χ1n) is 30.9. The number of β-amino-alcohol motifs (C(OH)–C–C–N with tert-alkyl or cyclic N) is 1. The quantitative estimate of drug-likeness (QED) is 0.0306. The molecule has 17 nitrogen and oxygen atoms in total. The third-order valence-electron chi connectivity index (χ3n) is 18.9. The summed E-state index contributed by atoms with van der Waals surface area (Å²) in [7, 11) is 0.941. The molecule has 1 atom stereocenters. The summed E-state index contributed by atoms with van der Waals surface area (Å²) >= 11 is 0. The fourth-order valence-electron chi connectivity index (χ4n) is 13.9. The second-order valence-corrected chi connectivity index (χ2v) is 31.4. The molecule has 85 heavy (non-hydrogen) atoms. The van der Waals surface area contributed by atoms with Crippen LogP contribution in [0, 0.1) is 34.5 Å². The maximum Gasteiger partial charge on any atom is 0.328 e.